The Kier molecular flexibility index (Phi) is 7.33. The summed E-state index contributed by atoms with van der Waals surface area (Å²) < 4.78 is 27.0. The van der Waals surface area contributed by atoms with Crippen molar-refractivity contribution in [3.63, 3.8) is 0 Å². The Morgan fingerprint density at radius 1 is 1.23 bits per heavy atom. The number of carbonyl (C=O) groups is 1. The molecule has 1 saturated heterocycles. The SMILES string of the molecule is CC(C)[C@@H](C)NC(=O)C[NH+]1CCN(S(=O)(=O)c2cccc(Cl)c2Cl)CC1. The van der Waals surface area contributed by atoms with Crippen molar-refractivity contribution in [2.24, 2.45) is 5.92 Å². The fraction of sp³-hybridized carbons (Fsp3) is 0.588. The smallest absolute Gasteiger partial charge is 0.275 e. The van der Waals surface area contributed by atoms with Crippen LogP contribution in [0.1, 0.15) is 20.8 Å². The van der Waals surface area contributed by atoms with Crippen LogP contribution in [0, 0.1) is 5.92 Å². The molecule has 2 rings (SSSR count). The highest BCUT2D eigenvalue weighted by Crippen LogP contribution is 2.30. The number of nitrogens with one attached hydrogen (secondary N) is 2. The third kappa shape index (κ3) is 5.10. The number of carbonyl (C=O) groups excluding carboxylic acids is 1. The molecule has 1 atom stereocenters. The standard InChI is InChI=1S/C17H25Cl2N3O3S/c1-12(2)13(3)20-16(23)11-21-7-9-22(10-8-21)26(24,25)15-6-4-5-14(18)17(15)19/h4-6,12-13H,7-11H2,1-3H3,(H,20,23)/p+1/t13-/m1/s1. The molecule has 1 aliphatic heterocycles. The first-order chi connectivity index (χ1) is 12.1. The number of sulfonamides is 1. The van der Waals surface area contributed by atoms with Gasteiger partial charge in [0.15, 0.2) is 6.54 Å². The van der Waals surface area contributed by atoms with Crippen molar-refractivity contribution in [1.29, 1.82) is 0 Å². The molecule has 9 heteroatoms. The Morgan fingerprint density at radius 2 is 1.85 bits per heavy atom. The molecule has 1 amide bonds. The van der Waals surface area contributed by atoms with Crippen LogP contribution in [0.2, 0.25) is 10.0 Å². The number of hydrogen-bond acceptors (Lipinski definition) is 3. The fourth-order valence-corrected chi connectivity index (χ4v) is 4.92. The molecule has 1 aliphatic rings. The number of benzene rings is 1. The Labute approximate surface area is 165 Å². The van der Waals surface area contributed by atoms with Gasteiger partial charge in [-0.3, -0.25) is 4.79 Å². The molecule has 0 spiro atoms. The van der Waals surface area contributed by atoms with Crippen molar-refractivity contribution in [2.75, 3.05) is 32.7 Å². The van der Waals surface area contributed by atoms with Gasteiger partial charge in [-0.05, 0) is 25.0 Å². The molecule has 0 radical (unpaired) electrons. The first-order valence-electron chi connectivity index (χ1n) is 8.70. The van der Waals surface area contributed by atoms with E-state index in [1.165, 1.54) is 10.4 Å². The second-order valence-electron chi connectivity index (χ2n) is 6.98. The summed E-state index contributed by atoms with van der Waals surface area (Å²) in [5.74, 6) is 0.369. The summed E-state index contributed by atoms with van der Waals surface area (Å²) in [6.07, 6.45) is 0. The molecule has 1 aromatic rings. The van der Waals surface area contributed by atoms with E-state index in [4.69, 9.17) is 23.2 Å². The molecule has 26 heavy (non-hydrogen) atoms. The second-order valence-corrected chi connectivity index (χ2v) is 9.67. The predicted molar refractivity (Wildman–Crippen MR) is 103 cm³/mol. The quantitative estimate of drug-likeness (QED) is 0.719. The van der Waals surface area contributed by atoms with E-state index in [0.717, 1.165) is 4.90 Å². The van der Waals surface area contributed by atoms with E-state index in [0.29, 0.717) is 38.6 Å². The van der Waals surface area contributed by atoms with E-state index in [9.17, 15) is 13.2 Å². The van der Waals surface area contributed by atoms with Gasteiger partial charge in [-0.2, -0.15) is 4.31 Å². The Hall–Kier alpha value is -0.860. The summed E-state index contributed by atoms with van der Waals surface area (Å²) in [6, 6.07) is 4.71. The summed E-state index contributed by atoms with van der Waals surface area (Å²) >= 11 is 12.0. The summed E-state index contributed by atoms with van der Waals surface area (Å²) in [5.41, 5.74) is 0. The highest BCUT2D eigenvalue weighted by molar-refractivity contribution is 7.89. The third-order valence-electron chi connectivity index (χ3n) is 4.76. The average molecular weight is 423 g/mol. The van der Waals surface area contributed by atoms with Crippen LogP contribution in [-0.4, -0.2) is 57.4 Å². The zero-order chi connectivity index (χ0) is 19.5. The van der Waals surface area contributed by atoms with Gasteiger partial charge >= 0.3 is 0 Å². The summed E-state index contributed by atoms with van der Waals surface area (Å²) in [7, 11) is -3.69. The normalized spacial score (nSPS) is 18.1. The first-order valence-corrected chi connectivity index (χ1v) is 10.9. The van der Waals surface area contributed by atoms with Crippen molar-refractivity contribution >= 4 is 39.1 Å². The van der Waals surface area contributed by atoms with Crippen LogP contribution in [0.15, 0.2) is 23.1 Å². The monoisotopic (exact) mass is 422 g/mol. The maximum atomic E-state index is 12.8. The number of halogens is 2. The van der Waals surface area contributed by atoms with Crippen molar-refractivity contribution in [3.05, 3.63) is 28.2 Å². The molecule has 0 bridgehead atoms. The molecule has 0 aliphatic carbocycles. The van der Waals surface area contributed by atoms with E-state index in [-0.39, 0.29) is 26.9 Å². The lowest BCUT2D eigenvalue weighted by Crippen LogP contribution is -3.15. The van der Waals surface area contributed by atoms with E-state index in [1.807, 2.05) is 6.92 Å². The summed E-state index contributed by atoms with van der Waals surface area (Å²) in [4.78, 5) is 13.2. The highest BCUT2D eigenvalue weighted by atomic mass is 35.5. The molecule has 2 N–H and O–H groups in total. The molecule has 0 unspecified atom stereocenters. The van der Waals surface area contributed by atoms with Gasteiger partial charge < -0.3 is 10.2 Å². The van der Waals surface area contributed by atoms with Crippen LogP contribution in [0.3, 0.4) is 0 Å². The van der Waals surface area contributed by atoms with Gasteiger partial charge in [0.1, 0.15) is 4.90 Å². The van der Waals surface area contributed by atoms with E-state index < -0.39 is 10.0 Å². The van der Waals surface area contributed by atoms with Crippen LogP contribution in [0.25, 0.3) is 0 Å². The van der Waals surface area contributed by atoms with E-state index in [2.05, 4.69) is 19.2 Å². The Morgan fingerprint density at radius 3 is 2.42 bits per heavy atom. The van der Waals surface area contributed by atoms with Crippen LogP contribution >= 0.6 is 23.2 Å². The lowest BCUT2D eigenvalue weighted by atomic mass is 10.1. The van der Waals surface area contributed by atoms with Crippen LogP contribution in [-0.2, 0) is 14.8 Å². The fourth-order valence-electron chi connectivity index (χ4n) is 2.74. The lowest BCUT2D eigenvalue weighted by molar-refractivity contribution is -0.895. The maximum Gasteiger partial charge on any atom is 0.275 e. The molecule has 1 aromatic carbocycles. The minimum Gasteiger partial charge on any atom is -0.348 e. The van der Waals surface area contributed by atoms with Crippen LogP contribution < -0.4 is 10.2 Å². The average Bonchev–Trinajstić information content (AvgIpc) is 2.57. The van der Waals surface area contributed by atoms with Crippen LogP contribution in [0.4, 0.5) is 0 Å². The molecule has 1 fully saturated rings. The van der Waals surface area contributed by atoms with Gasteiger partial charge in [0.05, 0.1) is 36.2 Å². The number of rotatable bonds is 6. The van der Waals surface area contributed by atoms with Gasteiger partial charge in [0, 0.05) is 6.04 Å². The number of nitrogens with zero attached hydrogens (tertiary/aromatic N) is 1. The second kappa shape index (κ2) is 8.89. The molecule has 6 nitrogen and oxygen atoms in total. The largest absolute Gasteiger partial charge is 0.348 e. The number of quaternary nitrogens is 1. The Bertz CT molecular complexity index is 748. The molecular formula is C17H26Cl2N3O3S+. The highest BCUT2D eigenvalue weighted by Gasteiger charge is 2.33. The minimum absolute atomic E-state index is 0.00427. The minimum atomic E-state index is -3.69. The van der Waals surface area contributed by atoms with Gasteiger partial charge in [-0.15, -0.1) is 0 Å². The van der Waals surface area contributed by atoms with Gasteiger partial charge in [-0.25, -0.2) is 8.42 Å². The molecular weight excluding hydrogens is 397 g/mol. The third-order valence-corrected chi connectivity index (χ3v) is 7.63. The van der Waals surface area contributed by atoms with Gasteiger partial charge in [0.25, 0.3) is 5.91 Å². The Balaban J connectivity index is 1.95. The van der Waals surface area contributed by atoms with Gasteiger partial charge in [-0.1, -0.05) is 43.1 Å². The molecule has 0 aromatic heterocycles. The first kappa shape index (κ1) is 21.4. The topological polar surface area (TPSA) is 70.9 Å². The van der Waals surface area contributed by atoms with E-state index >= 15 is 0 Å². The molecule has 1 heterocycles. The maximum absolute atomic E-state index is 12.8. The zero-order valence-corrected chi connectivity index (χ0v) is 17.6. The molecule has 0 saturated carbocycles. The van der Waals surface area contributed by atoms with Crippen molar-refractivity contribution in [3.8, 4) is 0 Å². The molecule has 146 valence electrons. The number of piperazine rings is 1. The van der Waals surface area contributed by atoms with Crippen molar-refractivity contribution < 1.29 is 18.1 Å². The van der Waals surface area contributed by atoms with E-state index in [1.54, 1.807) is 12.1 Å². The number of amides is 1. The van der Waals surface area contributed by atoms with Crippen LogP contribution in [0.5, 0.6) is 0 Å². The number of hydrogen-bond donors (Lipinski definition) is 2. The lowest BCUT2D eigenvalue weighted by Gasteiger charge is -2.31. The van der Waals surface area contributed by atoms with Crippen molar-refractivity contribution in [1.82, 2.24) is 9.62 Å². The summed E-state index contributed by atoms with van der Waals surface area (Å²) in [5, 5.41) is 3.25. The zero-order valence-electron chi connectivity index (χ0n) is 15.3. The summed E-state index contributed by atoms with van der Waals surface area (Å²) in [6.45, 7) is 8.27. The van der Waals surface area contributed by atoms with Gasteiger partial charge in [0.2, 0.25) is 10.0 Å². The van der Waals surface area contributed by atoms with Crippen molar-refractivity contribution in [2.45, 2.75) is 31.7 Å². The predicted octanol–water partition coefficient (Wildman–Crippen LogP) is 1.04.